The highest BCUT2D eigenvalue weighted by atomic mass is 35.5. The first kappa shape index (κ1) is 24.8. The Balaban J connectivity index is 1.45. The first-order chi connectivity index (χ1) is 16.9. The number of hydrogen-bond acceptors (Lipinski definition) is 5. The molecule has 0 atom stereocenters. The molecular weight excluding hydrogens is 462 g/mol. The van der Waals surface area contributed by atoms with Crippen molar-refractivity contribution in [3.05, 3.63) is 76.2 Å². The maximum absolute atomic E-state index is 12.9. The van der Waals surface area contributed by atoms with Crippen LogP contribution in [0.5, 0.6) is 5.75 Å². The van der Waals surface area contributed by atoms with E-state index < -0.39 is 0 Å². The molecule has 184 valence electrons. The van der Waals surface area contributed by atoms with Crippen molar-refractivity contribution in [2.24, 2.45) is 0 Å². The van der Waals surface area contributed by atoms with Crippen LogP contribution in [0.4, 0.5) is 16.3 Å². The molecule has 0 bridgehead atoms. The fourth-order valence-electron chi connectivity index (χ4n) is 4.33. The number of nitrogens with zero attached hydrogens (tertiary/aromatic N) is 4. The summed E-state index contributed by atoms with van der Waals surface area (Å²) in [6.07, 6.45) is 1.59. The highest BCUT2D eigenvalue weighted by molar-refractivity contribution is 6.30. The molecule has 2 amide bonds. The molecule has 0 spiro atoms. The molecule has 1 N–H and O–H groups in total. The molecule has 1 fully saturated rings. The van der Waals surface area contributed by atoms with Crippen LogP contribution in [0.3, 0.4) is 0 Å². The fourth-order valence-corrected chi connectivity index (χ4v) is 4.45. The van der Waals surface area contributed by atoms with E-state index in [-0.39, 0.29) is 6.03 Å². The summed E-state index contributed by atoms with van der Waals surface area (Å²) >= 11 is 6.07. The van der Waals surface area contributed by atoms with Gasteiger partial charge in [-0.1, -0.05) is 23.7 Å². The van der Waals surface area contributed by atoms with E-state index in [1.807, 2.05) is 74.2 Å². The molecule has 0 aliphatic carbocycles. The molecule has 1 aliphatic rings. The number of rotatable bonds is 6. The molecule has 0 saturated carbocycles. The van der Waals surface area contributed by atoms with Crippen LogP contribution in [0.1, 0.15) is 36.0 Å². The van der Waals surface area contributed by atoms with Crippen molar-refractivity contribution in [1.29, 1.82) is 0 Å². The number of aryl methyl sites for hydroxylation is 2. The van der Waals surface area contributed by atoms with Crippen molar-refractivity contribution in [3.8, 4) is 5.75 Å². The van der Waals surface area contributed by atoms with Crippen LogP contribution in [0, 0.1) is 13.8 Å². The van der Waals surface area contributed by atoms with Gasteiger partial charge in [0.05, 0.1) is 6.61 Å². The van der Waals surface area contributed by atoms with Crippen LogP contribution < -0.4 is 15.0 Å². The number of anilines is 2. The van der Waals surface area contributed by atoms with Gasteiger partial charge in [-0.25, -0.2) is 14.8 Å². The molecule has 3 aromatic rings. The number of halogens is 1. The van der Waals surface area contributed by atoms with E-state index in [0.29, 0.717) is 26.2 Å². The zero-order valence-electron chi connectivity index (χ0n) is 20.6. The summed E-state index contributed by atoms with van der Waals surface area (Å²) in [5, 5.41) is 3.73. The maximum Gasteiger partial charge on any atom is 0.321 e. The van der Waals surface area contributed by atoms with E-state index in [1.165, 1.54) is 0 Å². The van der Waals surface area contributed by atoms with Gasteiger partial charge in [0.2, 0.25) is 0 Å². The Labute approximate surface area is 212 Å². The van der Waals surface area contributed by atoms with Crippen LogP contribution in [0.25, 0.3) is 0 Å². The molecule has 0 radical (unpaired) electrons. The number of nitrogens with one attached hydrogen (secondary N) is 1. The molecule has 8 heteroatoms. The molecule has 4 rings (SSSR count). The highest BCUT2D eigenvalue weighted by Crippen LogP contribution is 2.26. The zero-order chi connectivity index (χ0) is 24.8. The second kappa shape index (κ2) is 11.4. The van der Waals surface area contributed by atoms with Gasteiger partial charge >= 0.3 is 6.03 Å². The van der Waals surface area contributed by atoms with Crippen molar-refractivity contribution in [1.82, 2.24) is 14.9 Å². The highest BCUT2D eigenvalue weighted by Gasteiger charge is 2.23. The predicted octanol–water partition coefficient (Wildman–Crippen LogP) is 5.48. The van der Waals surface area contributed by atoms with Crippen LogP contribution in [-0.4, -0.2) is 53.7 Å². The van der Waals surface area contributed by atoms with Crippen LogP contribution in [0.15, 0.2) is 48.5 Å². The standard InChI is InChI=1S/C27H32ClN5O2/c1-4-35-24-12-10-23(11-13-24)31-27(34)33-15-5-14-32(16-17-33)26-25(19(2)29-20(3)30-26)18-21-6-8-22(28)9-7-21/h6-13H,4-5,14-18H2,1-3H3,(H,31,34). The van der Waals surface area contributed by atoms with Crippen LogP contribution in [0.2, 0.25) is 5.02 Å². The number of carbonyl (C=O) groups excluding carboxylic acids is 1. The Morgan fingerprint density at radius 1 is 1.00 bits per heavy atom. The first-order valence-electron chi connectivity index (χ1n) is 12.0. The van der Waals surface area contributed by atoms with E-state index >= 15 is 0 Å². The summed E-state index contributed by atoms with van der Waals surface area (Å²) in [7, 11) is 0. The topological polar surface area (TPSA) is 70.6 Å². The summed E-state index contributed by atoms with van der Waals surface area (Å²) in [5.74, 6) is 2.51. The van der Waals surface area contributed by atoms with E-state index in [2.05, 4.69) is 15.2 Å². The van der Waals surface area contributed by atoms with Crippen molar-refractivity contribution >= 4 is 29.1 Å². The minimum absolute atomic E-state index is 0.0903. The van der Waals surface area contributed by atoms with E-state index in [9.17, 15) is 4.79 Å². The van der Waals surface area contributed by atoms with Gasteiger partial charge in [0.1, 0.15) is 17.4 Å². The Morgan fingerprint density at radius 2 is 1.74 bits per heavy atom. The van der Waals surface area contributed by atoms with Crippen molar-refractivity contribution in [2.75, 3.05) is 43.0 Å². The number of ether oxygens (including phenoxy) is 1. The molecule has 1 saturated heterocycles. The summed E-state index contributed by atoms with van der Waals surface area (Å²) in [5.41, 5.74) is 4.02. The molecule has 1 aliphatic heterocycles. The van der Waals surface area contributed by atoms with Crippen molar-refractivity contribution in [3.63, 3.8) is 0 Å². The Hall–Kier alpha value is -3.32. The van der Waals surface area contributed by atoms with Gasteiger partial charge in [-0.05, 0) is 69.2 Å². The van der Waals surface area contributed by atoms with E-state index in [1.54, 1.807) is 0 Å². The minimum Gasteiger partial charge on any atom is -0.494 e. The second-order valence-electron chi connectivity index (χ2n) is 8.68. The average Bonchev–Trinajstić information content (AvgIpc) is 3.10. The molecule has 35 heavy (non-hydrogen) atoms. The predicted molar refractivity (Wildman–Crippen MR) is 141 cm³/mol. The van der Waals surface area contributed by atoms with Gasteiger partial charge in [-0.3, -0.25) is 0 Å². The minimum atomic E-state index is -0.0903. The number of carbonyl (C=O) groups is 1. The maximum atomic E-state index is 12.9. The number of hydrogen-bond donors (Lipinski definition) is 1. The third-order valence-corrected chi connectivity index (χ3v) is 6.35. The lowest BCUT2D eigenvalue weighted by atomic mass is 10.0. The SMILES string of the molecule is CCOc1ccc(NC(=O)N2CCCN(c3nc(C)nc(C)c3Cc3ccc(Cl)cc3)CC2)cc1. The third-order valence-electron chi connectivity index (χ3n) is 6.10. The molecular formula is C27H32ClN5O2. The zero-order valence-corrected chi connectivity index (χ0v) is 21.3. The number of benzene rings is 2. The second-order valence-corrected chi connectivity index (χ2v) is 9.11. The smallest absolute Gasteiger partial charge is 0.321 e. The van der Waals surface area contributed by atoms with Crippen molar-refractivity contribution < 1.29 is 9.53 Å². The van der Waals surface area contributed by atoms with Gasteiger partial charge in [0.15, 0.2) is 0 Å². The lowest BCUT2D eigenvalue weighted by Gasteiger charge is -2.26. The Bertz CT molecular complexity index is 1150. The molecule has 7 nitrogen and oxygen atoms in total. The normalized spacial score (nSPS) is 13.9. The van der Waals surface area contributed by atoms with Gasteiger partial charge in [0.25, 0.3) is 0 Å². The quantitative estimate of drug-likeness (QED) is 0.492. The van der Waals surface area contributed by atoms with Gasteiger partial charge < -0.3 is 19.9 Å². The number of urea groups is 1. The Morgan fingerprint density at radius 3 is 2.46 bits per heavy atom. The van der Waals surface area contributed by atoms with Crippen LogP contribution in [-0.2, 0) is 6.42 Å². The van der Waals surface area contributed by atoms with E-state index in [0.717, 1.165) is 64.3 Å². The van der Waals surface area contributed by atoms with Crippen molar-refractivity contribution in [2.45, 2.75) is 33.6 Å². The summed E-state index contributed by atoms with van der Waals surface area (Å²) in [6.45, 7) is 9.37. The van der Waals surface area contributed by atoms with Crippen LogP contribution >= 0.6 is 11.6 Å². The fraction of sp³-hybridized carbons (Fsp3) is 0.370. The van der Waals surface area contributed by atoms with Gasteiger partial charge in [0, 0.05) is 54.6 Å². The molecule has 1 aromatic heterocycles. The van der Waals surface area contributed by atoms with Gasteiger partial charge in [-0.2, -0.15) is 0 Å². The molecule has 2 aromatic carbocycles. The lowest BCUT2D eigenvalue weighted by molar-refractivity contribution is 0.215. The Kier molecular flexibility index (Phi) is 8.08. The monoisotopic (exact) mass is 493 g/mol. The summed E-state index contributed by atoms with van der Waals surface area (Å²) in [6, 6.07) is 15.3. The lowest BCUT2D eigenvalue weighted by Crippen LogP contribution is -2.38. The average molecular weight is 494 g/mol. The number of amides is 2. The third kappa shape index (κ3) is 6.42. The molecule has 2 heterocycles. The number of aromatic nitrogens is 2. The summed E-state index contributed by atoms with van der Waals surface area (Å²) < 4.78 is 5.48. The largest absolute Gasteiger partial charge is 0.494 e. The van der Waals surface area contributed by atoms with Gasteiger partial charge in [-0.15, -0.1) is 0 Å². The summed E-state index contributed by atoms with van der Waals surface area (Å²) in [4.78, 5) is 26.6. The van der Waals surface area contributed by atoms with E-state index in [4.69, 9.17) is 21.3 Å². The molecule has 0 unspecified atom stereocenters. The first-order valence-corrected chi connectivity index (χ1v) is 12.4.